The topological polar surface area (TPSA) is 38.3 Å². The Labute approximate surface area is 199 Å². The highest BCUT2D eigenvalue weighted by Crippen LogP contribution is 2.49. The Morgan fingerprint density at radius 2 is 1.69 bits per heavy atom. The third kappa shape index (κ3) is 3.12. The van der Waals surface area contributed by atoms with E-state index in [2.05, 4.69) is 33.4 Å². The van der Waals surface area contributed by atoms with E-state index in [0.29, 0.717) is 16.7 Å². The van der Waals surface area contributed by atoms with Gasteiger partial charge >= 0.3 is 0 Å². The van der Waals surface area contributed by atoms with Crippen LogP contribution in [0.15, 0.2) is 65.1 Å². The zero-order valence-corrected chi connectivity index (χ0v) is 19.7. The van der Waals surface area contributed by atoms with Crippen molar-refractivity contribution in [3.05, 3.63) is 75.7 Å². The molecule has 1 heterocycles. The molecule has 1 fully saturated rings. The Balaban J connectivity index is 1.53. The van der Waals surface area contributed by atoms with Crippen LogP contribution in [0.4, 0.5) is 5.69 Å². The van der Waals surface area contributed by atoms with Crippen LogP contribution in [-0.2, 0) is 4.79 Å². The van der Waals surface area contributed by atoms with E-state index < -0.39 is 0 Å². The fraction of sp³-hybridized carbons (Fsp3) is 0.222. The molecular weight excluding hydrogens is 486 g/mol. The number of fused-ring (bicyclic) bond motifs is 1. The molecule has 2 aliphatic rings. The minimum Gasteiger partial charge on any atom is -0.454 e. The second kappa shape index (κ2) is 7.79. The van der Waals surface area contributed by atoms with Crippen LogP contribution in [0.2, 0.25) is 5.02 Å². The SMILES string of the molecule is O=C1Nc2cc(Cl)c(Oc3ccc(Br)c4ccccc34)c3cccc(c23)C1C1CCCC1. The zero-order chi connectivity index (χ0) is 21.8. The van der Waals surface area contributed by atoms with Gasteiger partial charge in [0.05, 0.1) is 16.6 Å². The largest absolute Gasteiger partial charge is 0.454 e. The molecule has 0 bridgehead atoms. The van der Waals surface area contributed by atoms with Gasteiger partial charge in [-0.1, -0.05) is 82.8 Å². The summed E-state index contributed by atoms with van der Waals surface area (Å²) >= 11 is 10.4. The number of carbonyl (C=O) groups is 1. The second-order valence-electron chi connectivity index (χ2n) is 8.71. The summed E-state index contributed by atoms with van der Waals surface area (Å²) in [4.78, 5) is 13.1. The standard InChI is InChI=1S/C27H21BrClNO2/c28-20-12-13-23(17-9-4-3-8-16(17)20)32-26-19-11-5-10-18-24(15-6-1-2-7-15)27(31)30-22(25(18)19)14-21(26)29/h3-5,8-15,24H,1-2,6-7H2,(H,30,31). The fourth-order valence-corrected chi connectivity index (χ4v) is 6.19. The molecule has 5 heteroatoms. The molecule has 1 aliphatic heterocycles. The number of rotatable bonds is 3. The number of hydrogen-bond donors (Lipinski definition) is 1. The molecule has 1 aliphatic carbocycles. The van der Waals surface area contributed by atoms with Gasteiger partial charge < -0.3 is 10.1 Å². The summed E-state index contributed by atoms with van der Waals surface area (Å²) in [6.45, 7) is 0. The van der Waals surface area contributed by atoms with E-state index in [9.17, 15) is 4.79 Å². The molecule has 4 aromatic carbocycles. The van der Waals surface area contributed by atoms with Gasteiger partial charge in [-0.3, -0.25) is 4.79 Å². The van der Waals surface area contributed by atoms with Gasteiger partial charge in [0.1, 0.15) is 5.75 Å². The summed E-state index contributed by atoms with van der Waals surface area (Å²) < 4.78 is 7.51. The lowest BCUT2D eigenvalue weighted by Crippen LogP contribution is -2.30. The summed E-state index contributed by atoms with van der Waals surface area (Å²) in [6, 6.07) is 20.1. The quantitative estimate of drug-likeness (QED) is 0.303. The van der Waals surface area contributed by atoms with Crippen LogP contribution in [0.5, 0.6) is 11.5 Å². The molecule has 1 N–H and O–H groups in total. The highest BCUT2D eigenvalue weighted by atomic mass is 79.9. The molecule has 1 unspecified atom stereocenters. The van der Waals surface area contributed by atoms with Crippen LogP contribution in [0.1, 0.15) is 37.2 Å². The minimum absolute atomic E-state index is 0.0838. The predicted molar refractivity (Wildman–Crippen MR) is 134 cm³/mol. The molecule has 0 radical (unpaired) electrons. The van der Waals surface area contributed by atoms with Crippen molar-refractivity contribution in [1.82, 2.24) is 0 Å². The monoisotopic (exact) mass is 505 g/mol. The number of anilines is 1. The Hall–Kier alpha value is -2.56. The summed E-state index contributed by atoms with van der Waals surface area (Å²) in [6.07, 6.45) is 4.60. The highest BCUT2D eigenvalue weighted by Gasteiger charge is 2.37. The van der Waals surface area contributed by atoms with Crippen molar-refractivity contribution in [2.45, 2.75) is 31.6 Å². The third-order valence-corrected chi connectivity index (χ3v) is 7.86. The Morgan fingerprint density at radius 1 is 0.938 bits per heavy atom. The van der Waals surface area contributed by atoms with E-state index in [1.54, 1.807) is 0 Å². The maximum atomic E-state index is 13.1. The van der Waals surface area contributed by atoms with E-state index in [4.69, 9.17) is 16.3 Å². The first-order valence-electron chi connectivity index (χ1n) is 11.0. The number of hydrogen-bond acceptors (Lipinski definition) is 2. The van der Waals surface area contributed by atoms with E-state index in [1.807, 2.05) is 48.5 Å². The fourth-order valence-electron chi connectivity index (χ4n) is 5.46. The van der Waals surface area contributed by atoms with Gasteiger partial charge in [0.2, 0.25) is 5.91 Å². The molecule has 3 nitrogen and oxygen atoms in total. The summed E-state index contributed by atoms with van der Waals surface area (Å²) in [5.41, 5.74) is 1.86. The van der Waals surface area contributed by atoms with Gasteiger partial charge in [-0.05, 0) is 47.9 Å². The number of nitrogens with one attached hydrogen (secondary N) is 1. The molecular formula is C27H21BrClNO2. The number of halogens is 2. The number of carbonyl (C=O) groups excluding carboxylic acids is 1. The average molecular weight is 507 g/mol. The van der Waals surface area contributed by atoms with Crippen LogP contribution in [-0.4, -0.2) is 5.91 Å². The van der Waals surface area contributed by atoms with Crippen molar-refractivity contribution in [3.63, 3.8) is 0 Å². The maximum absolute atomic E-state index is 13.1. The average Bonchev–Trinajstić information content (AvgIpc) is 3.32. The van der Waals surface area contributed by atoms with Crippen molar-refractivity contribution in [2.75, 3.05) is 5.32 Å². The summed E-state index contributed by atoms with van der Waals surface area (Å²) in [5.74, 6) is 1.74. The van der Waals surface area contributed by atoms with Gasteiger partial charge in [0, 0.05) is 20.6 Å². The Morgan fingerprint density at radius 3 is 2.50 bits per heavy atom. The van der Waals surface area contributed by atoms with Crippen molar-refractivity contribution >= 4 is 60.7 Å². The van der Waals surface area contributed by atoms with Gasteiger partial charge in [0.15, 0.2) is 5.75 Å². The molecule has 0 spiro atoms. The molecule has 6 rings (SSSR count). The van der Waals surface area contributed by atoms with Crippen LogP contribution < -0.4 is 10.1 Å². The maximum Gasteiger partial charge on any atom is 0.232 e. The third-order valence-electron chi connectivity index (χ3n) is 6.89. The second-order valence-corrected chi connectivity index (χ2v) is 9.97. The first kappa shape index (κ1) is 20.1. The van der Waals surface area contributed by atoms with E-state index >= 15 is 0 Å². The lowest BCUT2D eigenvalue weighted by Gasteiger charge is -2.30. The summed E-state index contributed by atoms with van der Waals surface area (Å²) in [7, 11) is 0. The van der Waals surface area contributed by atoms with E-state index in [1.165, 1.54) is 12.8 Å². The van der Waals surface area contributed by atoms with Crippen molar-refractivity contribution < 1.29 is 9.53 Å². The molecule has 1 saturated carbocycles. The smallest absolute Gasteiger partial charge is 0.232 e. The summed E-state index contributed by atoms with van der Waals surface area (Å²) in [5, 5.41) is 7.69. The Kier molecular flexibility index (Phi) is 4.89. The Bertz CT molecular complexity index is 1390. The minimum atomic E-state index is -0.115. The molecule has 0 aromatic heterocycles. The highest BCUT2D eigenvalue weighted by molar-refractivity contribution is 9.10. The molecule has 1 atom stereocenters. The van der Waals surface area contributed by atoms with Crippen LogP contribution in [0.3, 0.4) is 0 Å². The predicted octanol–water partition coefficient (Wildman–Crippen LogP) is 8.43. The van der Waals surface area contributed by atoms with Crippen molar-refractivity contribution in [1.29, 1.82) is 0 Å². The number of benzene rings is 4. The normalized spacial score (nSPS) is 18.3. The van der Waals surface area contributed by atoms with Gasteiger partial charge in [-0.2, -0.15) is 0 Å². The zero-order valence-electron chi connectivity index (χ0n) is 17.3. The lowest BCUT2D eigenvalue weighted by atomic mass is 9.79. The van der Waals surface area contributed by atoms with Gasteiger partial charge in [-0.15, -0.1) is 0 Å². The molecule has 0 saturated heterocycles. The van der Waals surface area contributed by atoms with Crippen LogP contribution >= 0.6 is 27.5 Å². The lowest BCUT2D eigenvalue weighted by molar-refractivity contribution is -0.118. The van der Waals surface area contributed by atoms with Crippen LogP contribution in [0.25, 0.3) is 21.5 Å². The first-order valence-corrected chi connectivity index (χ1v) is 12.2. The van der Waals surface area contributed by atoms with Gasteiger partial charge in [-0.25, -0.2) is 0 Å². The van der Waals surface area contributed by atoms with E-state index in [-0.39, 0.29) is 11.8 Å². The van der Waals surface area contributed by atoms with E-state index in [0.717, 1.165) is 55.9 Å². The molecule has 1 amide bonds. The first-order chi connectivity index (χ1) is 15.6. The molecule has 4 aromatic rings. The van der Waals surface area contributed by atoms with Crippen molar-refractivity contribution in [2.24, 2.45) is 5.92 Å². The van der Waals surface area contributed by atoms with Crippen molar-refractivity contribution in [3.8, 4) is 11.5 Å². The molecule has 32 heavy (non-hydrogen) atoms. The van der Waals surface area contributed by atoms with Gasteiger partial charge in [0.25, 0.3) is 0 Å². The van der Waals surface area contributed by atoms with Crippen LogP contribution in [0, 0.1) is 5.92 Å². The molecule has 160 valence electrons. The number of ether oxygens (including phenoxy) is 1. The number of amides is 1.